The highest BCUT2D eigenvalue weighted by Gasteiger charge is 2.42. The molecule has 0 radical (unpaired) electrons. The lowest BCUT2D eigenvalue weighted by Gasteiger charge is -2.30. The standard InChI is InChI=1S/C47H59N9O6.2H2/c1-27(2)40(52-46(59)61-7)44(57)55-19-9-10-38(55)42-48-24-37(51-42)35-18-17-33-21-32(15-16-34(33)22-35)30-11-13-31(14-12-30)36-23-49-43(50-36)39-20-29(25-54(5)6)26-56(39)45(58)41(28(3)4)53-47(60)62-8;;/h11-18,21-24,27-29,38-41H,9-10,19-20,25-26H2,1-8H3,(H,48,51)(H,49,50)(H,52,59)(H,53,60);2*1H/t29-,38+,39+,40+,41+;;/m1../s1. The van der Waals surface area contributed by atoms with Crippen LogP contribution in [0.15, 0.2) is 73.1 Å². The second-order valence-electron chi connectivity index (χ2n) is 17.5. The number of aromatic amines is 2. The lowest BCUT2D eigenvalue weighted by Crippen LogP contribution is -2.51. The van der Waals surface area contributed by atoms with Gasteiger partial charge in [0.1, 0.15) is 23.7 Å². The van der Waals surface area contributed by atoms with Crippen LogP contribution in [0.25, 0.3) is 44.4 Å². The quantitative estimate of drug-likeness (QED) is 0.0927. The van der Waals surface area contributed by atoms with Crippen molar-refractivity contribution in [2.24, 2.45) is 17.8 Å². The summed E-state index contributed by atoms with van der Waals surface area (Å²) in [5.41, 5.74) is 5.86. The molecule has 5 atom stereocenters. The fraction of sp³-hybridized carbons (Fsp3) is 0.447. The van der Waals surface area contributed by atoms with Crippen LogP contribution in [0.1, 0.15) is 73.5 Å². The Bertz CT molecular complexity index is 2400. The molecule has 2 fully saturated rings. The number of carbonyl (C=O) groups excluding carboxylic acids is 4. The summed E-state index contributed by atoms with van der Waals surface area (Å²) in [5, 5.41) is 7.64. The number of hydrogen-bond acceptors (Lipinski definition) is 9. The number of hydrogen-bond donors (Lipinski definition) is 4. The first-order valence-electron chi connectivity index (χ1n) is 21.4. The van der Waals surface area contributed by atoms with E-state index in [2.05, 4.69) is 86.2 Å². The minimum atomic E-state index is -0.719. The van der Waals surface area contributed by atoms with Gasteiger partial charge in [-0.05, 0) is 90.7 Å². The Labute approximate surface area is 365 Å². The molecule has 5 aromatic rings. The summed E-state index contributed by atoms with van der Waals surface area (Å²) >= 11 is 0. The topological polar surface area (TPSA) is 178 Å². The number of alkyl carbamates (subject to hydrolysis) is 2. The molecule has 2 saturated heterocycles. The van der Waals surface area contributed by atoms with E-state index in [4.69, 9.17) is 19.4 Å². The summed E-state index contributed by atoms with van der Waals surface area (Å²) in [7, 11) is 6.66. The lowest BCUT2D eigenvalue weighted by molar-refractivity contribution is -0.136. The predicted octanol–water partition coefficient (Wildman–Crippen LogP) is 7.65. The fourth-order valence-corrected chi connectivity index (χ4v) is 8.89. The van der Waals surface area contributed by atoms with Crippen LogP contribution in [-0.2, 0) is 19.1 Å². The number of rotatable bonds is 13. The van der Waals surface area contributed by atoms with Crippen LogP contribution in [0.5, 0.6) is 0 Å². The zero-order valence-corrected chi connectivity index (χ0v) is 36.9. The van der Waals surface area contributed by atoms with Crippen molar-refractivity contribution < 1.29 is 31.5 Å². The summed E-state index contributed by atoms with van der Waals surface area (Å²) < 4.78 is 9.60. The number of fused-ring (bicyclic) bond motifs is 1. The molecule has 7 rings (SSSR count). The minimum absolute atomic E-state index is 0. The monoisotopic (exact) mass is 849 g/mol. The molecule has 4 N–H and O–H groups in total. The van der Waals surface area contributed by atoms with Gasteiger partial charge < -0.3 is 44.8 Å². The molecule has 15 heteroatoms. The highest BCUT2D eigenvalue weighted by molar-refractivity contribution is 5.91. The molecule has 4 heterocycles. The van der Waals surface area contributed by atoms with Crippen LogP contribution < -0.4 is 10.6 Å². The van der Waals surface area contributed by atoms with Crippen LogP contribution >= 0.6 is 0 Å². The maximum absolute atomic E-state index is 14.0. The molecule has 332 valence electrons. The van der Waals surface area contributed by atoms with Gasteiger partial charge in [0.05, 0.1) is 50.1 Å². The molecule has 3 aromatic carbocycles. The van der Waals surface area contributed by atoms with Crippen LogP contribution in [0.3, 0.4) is 0 Å². The average Bonchev–Trinajstić information content (AvgIpc) is 4.10. The van der Waals surface area contributed by atoms with Crippen LogP contribution in [0.4, 0.5) is 9.59 Å². The molecule has 0 bridgehead atoms. The molecule has 0 saturated carbocycles. The molecule has 0 spiro atoms. The normalized spacial score (nSPS) is 18.7. The van der Waals surface area contributed by atoms with Gasteiger partial charge in [0.15, 0.2) is 0 Å². The fourth-order valence-electron chi connectivity index (χ4n) is 8.89. The van der Waals surface area contributed by atoms with Crippen molar-refractivity contribution >= 4 is 34.8 Å². The highest BCUT2D eigenvalue weighted by atomic mass is 16.5. The van der Waals surface area contributed by atoms with E-state index in [-0.39, 0.29) is 44.5 Å². The lowest BCUT2D eigenvalue weighted by atomic mass is 9.98. The Balaban J connectivity index is 0.00000385. The van der Waals surface area contributed by atoms with Crippen LogP contribution in [-0.4, -0.2) is 119 Å². The summed E-state index contributed by atoms with van der Waals surface area (Å²) in [6.45, 7) is 9.63. The van der Waals surface area contributed by atoms with Crippen LogP contribution in [0.2, 0.25) is 0 Å². The number of imidazole rings is 2. The maximum Gasteiger partial charge on any atom is 0.407 e. The van der Waals surface area contributed by atoms with Crippen molar-refractivity contribution in [1.29, 1.82) is 0 Å². The Morgan fingerprint density at radius 3 is 1.79 bits per heavy atom. The Kier molecular flexibility index (Phi) is 13.3. The van der Waals surface area contributed by atoms with Crippen molar-refractivity contribution in [2.45, 2.75) is 71.1 Å². The molecule has 62 heavy (non-hydrogen) atoms. The Morgan fingerprint density at radius 1 is 0.726 bits per heavy atom. The summed E-state index contributed by atoms with van der Waals surface area (Å²) in [6.07, 6.45) is 4.78. The Morgan fingerprint density at radius 2 is 1.23 bits per heavy atom. The first kappa shape index (κ1) is 43.9. The summed E-state index contributed by atoms with van der Waals surface area (Å²) in [4.78, 5) is 74.1. The number of benzene rings is 3. The van der Waals surface area contributed by atoms with E-state index in [1.807, 2.05) is 64.0 Å². The third-order valence-corrected chi connectivity index (χ3v) is 12.1. The van der Waals surface area contributed by atoms with Gasteiger partial charge >= 0.3 is 12.2 Å². The molecular weight excluding hydrogens is 787 g/mol. The smallest absolute Gasteiger partial charge is 0.407 e. The number of likely N-dealkylation sites (tertiary alicyclic amines) is 2. The molecular formula is C47H63N9O6. The minimum Gasteiger partial charge on any atom is -0.453 e. The van der Waals surface area contributed by atoms with Gasteiger partial charge in [-0.15, -0.1) is 0 Å². The third-order valence-electron chi connectivity index (χ3n) is 12.1. The van der Waals surface area contributed by atoms with Gasteiger partial charge in [0, 0.05) is 28.1 Å². The van der Waals surface area contributed by atoms with Gasteiger partial charge in [-0.25, -0.2) is 19.6 Å². The number of carbonyl (C=O) groups is 4. The molecule has 0 aliphatic carbocycles. The van der Waals surface area contributed by atoms with Gasteiger partial charge in [0.2, 0.25) is 11.8 Å². The van der Waals surface area contributed by atoms with Crippen molar-refractivity contribution in [2.75, 3.05) is 47.9 Å². The number of nitrogens with zero attached hydrogens (tertiary/aromatic N) is 5. The number of nitrogens with one attached hydrogen (secondary N) is 4. The van der Waals surface area contributed by atoms with E-state index >= 15 is 0 Å². The second-order valence-corrected chi connectivity index (χ2v) is 17.5. The first-order valence-corrected chi connectivity index (χ1v) is 21.4. The Hall–Kier alpha value is -6.22. The SMILES string of the molecule is COC(=O)N[C@H](C(=O)N1CCC[C@H]1c1ncc(-c2ccc3cc(-c4ccc(-c5cnc([C@@H]6C[C@H](CN(C)C)CN6C(=O)[C@@H](NC(=O)OC)C(C)C)[nH]5)cc4)ccc3c2)[nH]1)C(C)C.[HH].[HH]. The average molecular weight is 850 g/mol. The largest absolute Gasteiger partial charge is 0.453 e. The van der Waals surface area contributed by atoms with Crippen LogP contribution in [0, 0.1) is 17.8 Å². The van der Waals surface area contributed by atoms with E-state index < -0.39 is 24.3 Å². The molecule has 2 aliphatic heterocycles. The van der Waals surface area contributed by atoms with E-state index in [1.54, 1.807) is 0 Å². The molecule has 4 amide bonds. The third kappa shape index (κ3) is 9.47. The van der Waals surface area contributed by atoms with Gasteiger partial charge in [0.25, 0.3) is 0 Å². The molecule has 0 unspecified atom stereocenters. The number of H-pyrrole nitrogens is 2. The number of aromatic nitrogens is 4. The number of ether oxygens (including phenoxy) is 2. The second kappa shape index (κ2) is 18.8. The summed E-state index contributed by atoms with van der Waals surface area (Å²) in [6, 6.07) is 19.3. The zero-order valence-electron chi connectivity index (χ0n) is 36.9. The van der Waals surface area contributed by atoms with E-state index in [1.165, 1.54) is 14.2 Å². The van der Waals surface area contributed by atoms with Crippen molar-refractivity contribution in [3.63, 3.8) is 0 Å². The molecule has 2 aromatic heterocycles. The molecule has 2 aliphatic rings. The highest BCUT2D eigenvalue weighted by Crippen LogP contribution is 2.37. The van der Waals surface area contributed by atoms with Gasteiger partial charge in [-0.1, -0.05) is 76.2 Å². The van der Waals surface area contributed by atoms with Gasteiger partial charge in [-0.2, -0.15) is 0 Å². The molecule has 15 nitrogen and oxygen atoms in total. The maximum atomic E-state index is 14.0. The predicted molar refractivity (Wildman–Crippen MR) is 242 cm³/mol. The van der Waals surface area contributed by atoms with E-state index in [0.29, 0.717) is 13.1 Å². The van der Waals surface area contributed by atoms with Gasteiger partial charge in [-0.3, -0.25) is 9.59 Å². The van der Waals surface area contributed by atoms with Crippen molar-refractivity contribution in [3.05, 3.63) is 84.7 Å². The van der Waals surface area contributed by atoms with Crippen molar-refractivity contribution in [1.82, 2.24) is 45.3 Å². The van der Waals surface area contributed by atoms with E-state index in [0.717, 1.165) is 81.9 Å². The summed E-state index contributed by atoms with van der Waals surface area (Å²) in [5.74, 6) is 1.18. The zero-order chi connectivity index (χ0) is 44.2. The first-order chi connectivity index (χ1) is 29.7. The van der Waals surface area contributed by atoms with Crippen molar-refractivity contribution in [3.8, 4) is 33.6 Å². The number of amides is 4. The number of methoxy groups -OCH3 is 2. The van der Waals surface area contributed by atoms with E-state index in [9.17, 15) is 19.2 Å².